The van der Waals surface area contributed by atoms with Gasteiger partial charge in [-0.2, -0.15) is 0 Å². The number of hydrogen-bond donors (Lipinski definition) is 2. The molecule has 4 heteroatoms. The van der Waals surface area contributed by atoms with Gasteiger partial charge in [-0.1, -0.05) is 26.8 Å². The van der Waals surface area contributed by atoms with Crippen molar-refractivity contribution in [2.24, 2.45) is 11.3 Å². The van der Waals surface area contributed by atoms with Crippen molar-refractivity contribution in [2.75, 3.05) is 0 Å². The molecule has 1 aromatic carbocycles. The molecule has 0 radical (unpaired) electrons. The van der Waals surface area contributed by atoms with E-state index in [9.17, 15) is 8.78 Å². The Labute approximate surface area is 108 Å². The van der Waals surface area contributed by atoms with Gasteiger partial charge in [0.25, 0.3) is 0 Å². The number of hydrogen-bond acceptors (Lipinski definition) is 2. The van der Waals surface area contributed by atoms with Crippen LogP contribution in [0.25, 0.3) is 0 Å². The summed E-state index contributed by atoms with van der Waals surface area (Å²) >= 11 is 0. The van der Waals surface area contributed by atoms with Gasteiger partial charge in [-0.15, -0.1) is 0 Å². The second kappa shape index (κ2) is 6.25. The van der Waals surface area contributed by atoms with Crippen molar-refractivity contribution >= 4 is 0 Å². The third-order valence-electron chi connectivity index (χ3n) is 2.94. The highest BCUT2D eigenvalue weighted by molar-refractivity contribution is 5.18. The lowest BCUT2D eigenvalue weighted by atomic mass is 9.87. The van der Waals surface area contributed by atoms with Gasteiger partial charge in [-0.05, 0) is 42.4 Å². The zero-order valence-corrected chi connectivity index (χ0v) is 11.3. The molecule has 0 aliphatic carbocycles. The van der Waals surface area contributed by atoms with Crippen LogP contribution in [0.3, 0.4) is 0 Å². The molecule has 0 saturated carbocycles. The molecule has 0 heterocycles. The third kappa shape index (κ3) is 5.10. The predicted octanol–water partition coefficient (Wildman–Crippen LogP) is 3.17. The van der Waals surface area contributed by atoms with Crippen LogP contribution in [0.5, 0.6) is 0 Å². The number of benzene rings is 1. The minimum atomic E-state index is -0.814. The molecule has 0 aliphatic rings. The second-order valence-corrected chi connectivity index (χ2v) is 5.92. The molecule has 18 heavy (non-hydrogen) atoms. The first-order valence-electron chi connectivity index (χ1n) is 6.22. The smallest absolute Gasteiger partial charge is 0.159 e. The normalized spacial score (nSPS) is 13.7. The lowest BCUT2D eigenvalue weighted by molar-refractivity contribution is 0.329. The summed E-state index contributed by atoms with van der Waals surface area (Å²) in [6, 6.07) is 4.06. The standard InChI is InChI=1S/C14H22F2N2/c1-14(2,3)7-6-11(18-17)8-10-4-5-12(15)13(16)9-10/h4-5,9,11,18H,6-8,17H2,1-3H3. The summed E-state index contributed by atoms with van der Waals surface area (Å²) < 4.78 is 25.9. The Morgan fingerprint density at radius 3 is 2.39 bits per heavy atom. The van der Waals surface area contributed by atoms with Crippen molar-refractivity contribution in [1.29, 1.82) is 0 Å². The minimum Gasteiger partial charge on any atom is -0.271 e. The van der Waals surface area contributed by atoms with E-state index in [2.05, 4.69) is 26.2 Å². The average Bonchev–Trinajstić information content (AvgIpc) is 2.28. The van der Waals surface area contributed by atoms with Gasteiger partial charge < -0.3 is 0 Å². The van der Waals surface area contributed by atoms with Crippen LogP contribution in [0, 0.1) is 17.0 Å². The molecule has 1 atom stereocenters. The fourth-order valence-electron chi connectivity index (χ4n) is 1.80. The Kier molecular flexibility index (Phi) is 5.23. The van der Waals surface area contributed by atoms with Crippen LogP contribution in [0.1, 0.15) is 39.2 Å². The molecule has 0 aliphatic heterocycles. The van der Waals surface area contributed by atoms with Gasteiger partial charge in [-0.25, -0.2) is 8.78 Å². The van der Waals surface area contributed by atoms with E-state index < -0.39 is 11.6 Å². The number of halogens is 2. The molecule has 0 spiro atoms. The Balaban J connectivity index is 2.59. The van der Waals surface area contributed by atoms with Crippen molar-refractivity contribution in [1.82, 2.24) is 5.43 Å². The first-order chi connectivity index (χ1) is 8.31. The van der Waals surface area contributed by atoms with E-state index in [1.54, 1.807) is 6.07 Å². The van der Waals surface area contributed by atoms with Gasteiger partial charge in [0, 0.05) is 6.04 Å². The fraction of sp³-hybridized carbons (Fsp3) is 0.571. The van der Waals surface area contributed by atoms with Crippen LogP contribution < -0.4 is 11.3 Å². The Bertz CT molecular complexity index is 386. The van der Waals surface area contributed by atoms with Crippen LogP contribution in [-0.2, 0) is 6.42 Å². The van der Waals surface area contributed by atoms with E-state index in [4.69, 9.17) is 5.84 Å². The van der Waals surface area contributed by atoms with Gasteiger partial charge in [0.1, 0.15) is 0 Å². The van der Waals surface area contributed by atoms with Crippen molar-refractivity contribution < 1.29 is 8.78 Å². The maximum absolute atomic E-state index is 13.1. The lowest BCUT2D eigenvalue weighted by Gasteiger charge is -2.22. The van der Waals surface area contributed by atoms with Gasteiger partial charge in [0.2, 0.25) is 0 Å². The number of nitrogens with two attached hydrogens (primary N) is 1. The van der Waals surface area contributed by atoms with Crippen molar-refractivity contribution in [2.45, 2.75) is 46.1 Å². The summed E-state index contributed by atoms with van der Waals surface area (Å²) in [6.07, 6.45) is 2.52. The average molecular weight is 256 g/mol. The van der Waals surface area contributed by atoms with Gasteiger partial charge in [-0.3, -0.25) is 11.3 Å². The summed E-state index contributed by atoms with van der Waals surface area (Å²) in [4.78, 5) is 0. The first-order valence-corrected chi connectivity index (χ1v) is 6.22. The maximum Gasteiger partial charge on any atom is 0.159 e. The molecular weight excluding hydrogens is 234 g/mol. The summed E-state index contributed by atoms with van der Waals surface area (Å²) in [7, 11) is 0. The molecule has 1 rings (SSSR count). The van der Waals surface area contributed by atoms with E-state index >= 15 is 0 Å². The van der Waals surface area contributed by atoms with E-state index in [1.165, 1.54) is 6.07 Å². The molecule has 1 aromatic rings. The van der Waals surface area contributed by atoms with Crippen LogP contribution >= 0.6 is 0 Å². The molecule has 1 unspecified atom stereocenters. The molecule has 0 saturated heterocycles. The second-order valence-electron chi connectivity index (χ2n) is 5.92. The van der Waals surface area contributed by atoms with Crippen LogP contribution in [0.2, 0.25) is 0 Å². The SMILES string of the molecule is CC(C)(C)CCC(Cc1ccc(F)c(F)c1)NN. The van der Waals surface area contributed by atoms with Gasteiger partial charge in [0.05, 0.1) is 0 Å². The molecule has 3 N–H and O–H groups in total. The maximum atomic E-state index is 13.1. The monoisotopic (exact) mass is 256 g/mol. The first kappa shape index (κ1) is 15.1. The van der Waals surface area contributed by atoms with E-state index in [0.717, 1.165) is 24.5 Å². The molecule has 0 amide bonds. The van der Waals surface area contributed by atoms with Crippen molar-refractivity contribution in [3.63, 3.8) is 0 Å². The Hall–Kier alpha value is -1.00. The topological polar surface area (TPSA) is 38.0 Å². The van der Waals surface area contributed by atoms with Crippen molar-refractivity contribution in [3.8, 4) is 0 Å². The molecule has 2 nitrogen and oxygen atoms in total. The van der Waals surface area contributed by atoms with E-state index in [-0.39, 0.29) is 11.5 Å². The highest BCUT2D eigenvalue weighted by Gasteiger charge is 2.15. The summed E-state index contributed by atoms with van der Waals surface area (Å²) in [6.45, 7) is 6.49. The quantitative estimate of drug-likeness (QED) is 0.627. The van der Waals surface area contributed by atoms with Crippen LogP contribution in [0.15, 0.2) is 18.2 Å². The molecule has 102 valence electrons. The highest BCUT2D eigenvalue weighted by Crippen LogP contribution is 2.22. The lowest BCUT2D eigenvalue weighted by Crippen LogP contribution is -2.37. The number of nitrogens with one attached hydrogen (secondary N) is 1. The molecule has 0 bridgehead atoms. The number of rotatable bonds is 5. The summed E-state index contributed by atoms with van der Waals surface area (Å²) in [5, 5.41) is 0. The predicted molar refractivity (Wildman–Crippen MR) is 69.9 cm³/mol. The zero-order chi connectivity index (χ0) is 13.8. The third-order valence-corrected chi connectivity index (χ3v) is 2.94. The zero-order valence-electron chi connectivity index (χ0n) is 11.3. The van der Waals surface area contributed by atoms with Crippen LogP contribution in [0.4, 0.5) is 8.78 Å². The molecular formula is C14H22F2N2. The minimum absolute atomic E-state index is 0.0779. The van der Waals surface area contributed by atoms with Crippen molar-refractivity contribution in [3.05, 3.63) is 35.4 Å². The largest absolute Gasteiger partial charge is 0.271 e. The van der Waals surface area contributed by atoms with Gasteiger partial charge >= 0.3 is 0 Å². The Morgan fingerprint density at radius 2 is 1.89 bits per heavy atom. The Morgan fingerprint density at radius 1 is 1.22 bits per heavy atom. The molecule has 0 aromatic heterocycles. The van der Waals surface area contributed by atoms with Gasteiger partial charge in [0.15, 0.2) is 11.6 Å². The van der Waals surface area contributed by atoms with E-state index in [1.807, 2.05) is 0 Å². The fourth-order valence-corrected chi connectivity index (χ4v) is 1.80. The van der Waals surface area contributed by atoms with E-state index in [0.29, 0.717) is 6.42 Å². The van der Waals surface area contributed by atoms with Crippen LogP contribution in [-0.4, -0.2) is 6.04 Å². The summed E-state index contributed by atoms with van der Waals surface area (Å²) in [5.41, 5.74) is 3.74. The highest BCUT2D eigenvalue weighted by atomic mass is 19.2. The molecule has 0 fully saturated rings. The number of hydrazine groups is 1. The summed E-state index contributed by atoms with van der Waals surface area (Å²) in [5.74, 6) is 3.88.